The van der Waals surface area contributed by atoms with Crippen LogP contribution in [0.1, 0.15) is 40.1 Å². The summed E-state index contributed by atoms with van der Waals surface area (Å²) in [5.74, 6) is 0.961. The first kappa shape index (κ1) is 16.6. The second-order valence-electron chi connectivity index (χ2n) is 6.86. The smallest absolute Gasteiger partial charge is 0.261 e. The van der Waals surface area contributed by atoms with E-state index >= 15 is 0 Å². The van der Waals surface area contributed by atoms with Crippen LogP contribution < -0.4 is 10.1 Å². The fraction of sp³-hybridized carbons (Fsp3) is 0.450. The summed E-state index contributed by atoms with van der Waals surface area (Å²) in [7, 11) is 0. The van der Waals surface area contributed by atoms with E-state index in [0.29, 0.717) is 6.61 Å². The number of carbonyl (C=O) groups excluding carboxylic acids is 1. The molecule has 0 radical (unpaired) electrons. The third-order valence-electron chi connectivity index (χ3n) is 5.01. The molecule has 0 atom stereocenters. The molecule has 0 saturated carbocycles. The van der Waals surface area contributed by atoms with Gasteiger partial charge in [-0.15, -0.1) is 11.3 Å². The SMILES string of the molecule is Cc1cccc2c1-c1sc(C(=O)NCCCN3CCCC3)cc1CO2. The van der Waals surface area contributed by atoms with E-state index < -0.39 is 0 Å². The number of carbonyl (C=O) groups is 1. The maximum atomic E-state index is 12.5. The Morgan fingerprint density at radius 2 is 2.16 bits per heavy atom. The molecule has 0 bridgehead atoms. The minimum Gasteiger partial charge on any atom is -0.488 e. The highest BCUT2D eigenvalue weighted by Crippen LogP contribution is 2.44. The normalized spacial score (nSPS) is 16.2. The zero-order chi connectivity index (χ0) is 17.2. The van der Waals surface area contributed by atoms with Crippen molar-refractivity contribution in [1.29, 1.82) is 0 Å². The van der Waals surface area contributed by atoms with Crippen LogP contribution >= 0.6 is 11.3 Å². The predicted octanol–water partition coefficient (Wildman–Crippen LogP) is 3.83. The molecule has 1 aromatic carbocycles. The molecule has 0 aliphatic carbocycles. The van der Waals surface area contributed by atoms with E-state index in [-0.39, 0.29) is 5.91 Å². The van der Waals surface area contributed by atoms with E-state index in [4.69, 9.17) is 4.74 Å². The van der Waals surface area contributed by atoms with Crippen molar-refractivity contribution in [2.45, 2.75) is 32.8 Å². The zero-order valence-electron chi connectivity index (χ0n) is 14.6. The van der Waals surface area contributed by atoms with E-state index in [1.54, 1.807) is 11.3 Å². The van der Waals surface area contributed by atoms with Crippen LogP contribution in [0.3, 0.4) is 0 Å². The Hall–Kier alpha value is -1.85. The molecule has 0 unspecified atom stereocenters. The minimum atomic E-state index is 0.0379. The Balaban J connectivity index is 1.40. The molecular weight excluding hydrogens is 332 g/mol. The highest BCUT2D eigenvalue weighted by atomic mass is 32.1. The summed E-state index contributed by atoms with van der Waals surface area (Å²) < 4.78 is 5.85. The first-order chi connectivity index (χ1) is 12.2. The molecule has 2 aliphatic rings. The maximum Gasteiger partial charge on any atom is 0.261 e. The molecule has 5 heteroatoms. The molecule has 3 heterocycles. The van der Waals surface area contributed by atoms with Crippen molar-refractivity contribution < 1.29 is 9.53 Å². The number of likely N-dealkylation sites (tertiary alicyclic amines) is 1. The molecule has 1 aromatic heterocycles. The van der Waals surface area contributed by atoms with Crippen molar-refractivity contribution in [2.24, 2.45) is 0 Å². The molecule has 132 valence electrons. The minimum absolute atomic E-state index is 0.0379. The molecule has 1 fully saturated rings. The summed E-state index contributed by atoms with van der Waals surface area (Å²) in [5.41, 5.74) is 3.45. The van der Waals surface area contributed by atoms with Crippen molar-refractivity contribution in [3.05, 3.63) is 40.3 Å². The van der Waals surface area contributed by atoms with E-state index in [1.807, 2.05) is 18.2 Å². The lowest BCUT2D eigenvalue weighted by molar-refractivity contribution is 0.0956. The molecule has 1 amide bonds. The maximum absolute atomic E-state index is 12.5. The largest absolute Gasteiger partial charge is 0.488 e. The Kier molecular flexibility index (Phi) is 4.77. The van der Waals surface area contributed by atoms with Crippen molar-refractivity contribution in [3.63, 3.8) is 0 Å². The van der Waals surface area contributed by atoms with Crippen LogP contribution in [-0.4, -0.2) is 37.0 Å². The molecule has 25 heavy (non-hydrogen) atoms. The van der Waals surface area contributed by atoms with Crippen molar-refractivity contribution in [1.82, 2.24) is 10.2 Å². The third kappa shape index (κ3) is 3.44. The number of aryl methyl sites for hydroxylation is 1. The fourth-order valence-electron chi connectivity index (χ4n) is 3.66. The summed E-state index contributed by atoms with van der Waals surface area (Å²) in [4.78, 5) is 16.9. The lowest BCUT2D eigenvalue weighted by Crippen LogP contribution is -2.28. The number of fused-ring (bicyclic) bond motifs is 3. The van der Waals surface area contributed by atoms with Gasteiger partial charge in [0.25, 0.3) is 5.91 Å². The van der Waals surface area contributed by atoms with Gasteiger partial charge in [-0.05, 0) is 63.5 Å². The van der Waals surface area contributed by atoms with E-state index in [2.05, 4.69) is 23.2 Å². The number of amides is 1. The first-order valence-electron chi connectivity index (χ1n) is 9.08. The van der Waals surface area contributed by atoms with Crippen molar-refractivity contribution >= 4 is 17.2 Å². The van der Waals surface area contributed by atoms with Gasteiger partial charge in [0.2, 0.25) is 0 Å². The molecule has 2 aromatic rings. The Morgan fingerprint density at radius 1 is 1.32 bits per heavy atom. The topological polar surface area (TPSA) is 41.6 Å². The Morgan fingerprint density at radius 3 is 3.00 bits per heavy atom. The van der Waals surface area contributed by atoms with Gasteiger partial charge in [-0.2, -0.15) is 0 Å². The van der Waals surface area contributed by atoms with Crippen LogP contribution in [0.4, 0.5) is 0 Å². The number of nitrogens with one attached hydrogen (secondary N) is 1. The molecule has 0 spiro atoms. The number of nitrogens with zero attached hydrogens (tertiary/aromatic N) is 1. The molecule has 4 nitrogen and oxygen atoms in total. The number of hydrogen-bond donors (Lipinski definition) is 1. The van der Waals surface area contributed by atoms with Crippen LogP contribution in [0.2, 0.25) is 0 Å². The van der Waals surface area contributed by atoms with Crippen LogP contribution in [0.15, 0.2) is 24.3 Å². The van der Waals surface area contributed by atoms with E-state index in [9.17, 15) is 4.79 Å². The number of rotatable bonds is 5. The van der Waals surface area contributed by atoms with Gasteiger partial charge in [0.05, 0.1) is 4.88 Å². The summed E-state index contributed by atoms with van der Waals surface area (Å²) >= 11 is 1.58. The monoisotopic (exact) mass is 356 g/mol. The van der Waals surface area contributed by atoms with Gasteiger partial charge in [-0.1, -0.05) is 12.1 Å². The summed E-state index contributed by atoms with van der Waals surface area (Å²) in [6.45, 7) is 6.89. The van der Waals surface area contributed by atoms with Gasteiger partial charge in [0, 0.05) is 22.5 Å². The van der Waals surface area contributed by atoms with Gasteiger partial charge in [0.15, 0.2) is 0 Å². The fourth-order valence-corrected chi connectivity index (χ4v) is 4.86. The average molecular weight is 356 g/mol. The van der Waals surface area contributed by atoms with Crippen LogP contribution in [0.5, 0.6) is 5.75 Å². The Bertz CT molecular complexity index is 778. The van der Waals surface area contributed by atoms with Gasteiger partial charge >= 0.3 is 0 Å². The third-order valence-corrected chi connectivity index (χ3v) is 6.21. The number of ether oxygens (including phenoxy) is 1. The number of hydrogen-bond acceptors (Lipinski definition) is 4. The van der Waals surface area contributed by atoms with Crippen LogP contribution in [0, 0.1) is 6.92 Å². The van der Waals surface area contributed by atoms with E-state index in [0.717, 1.165) is 41.3 Å². The van der Waals surface area contributed by atoms with Crippen LogP contribution in [-0.2, 0) is 6.61 Å². The molecule has 1 saturated heterocycles. The Labute approximate surface area is 152 Å². The molecular formula is C20H24N2O2S. The van der Waals surface area contributed by atoms with Crippen molar-refractivity contribution in [3.8, 4) is 16.2 Å². The molecule has 1 N–H and O–H groups in total. The summed E-state index contributed by atoms with van der Waals surface area (Å²) in [6.07, 6.45) is 3.65. The van der Waals surface area contributed by atoms with Gasteiger partial charge < -0.3 is 15.0 Å². The number of thiophene rings is 1. The molecule has 4 rings (SSSR count). The highest BCUT2D eigenvalue weighted by Gasteiger charge is 2.23. The second kappa shape index (κ2) is 7.18. The standard InChI is InChI=1S/C20H24N2O2S/c1-14-6-4-7-16-18(14)19-15(13-24-16)12-17(25-19)20(23)21-8-5-11-22-9-2-3-10-22/h4,6-7,12H,2-3,5,8-11,13H2,1H3,(H,21,23). The van der Waals surface area contributed by atoms with Gasteiger partial charge in [-0.25, -0.2) is 0 Å². The van der Waals surface area contributed by atoms with Gasteiger partial charge in [-0.3, -0.25) is 4.79 Å². The summed E-state index contributed by atoms with van der Waals surface area (Å²) in [5, 5.41) is 3.07. The van der Waals surface area contributed by atoms with E-state index in [1.165, 1.54) is 36.4 Å². The quantitative estimate of drug-likeness (QED) is 0.828. The predicted molar refractivity (Wildman–Crippen MR) is 101 cm³/mol. The lowest BCUT2D eigenvalue weighted by Gasteiger charge is -2.19. The molecule has 2 aliphatic heterocycles. The summed E-state index contributed by atoms with van der Waals surface area (Å²) in [6, 6.07) is 8.10. The van der Waals surface area contributed by atoms with Crippen LogP contribution in [0.25, 0.3) is 10.4 Å². The number of benzene rings is 1. The second-order valence-corrected chi connectivity index (χ2v) is 7.91. The highest BCUT2D eigenvalue weighted by molar-refractivity contribution is 7.17. The van der Waals surface area contributed by atoms with Crippen molar-refractivity contribution in [2.75, 3.05) is 26.2 Å². The zero-order valence-corrected chi connectivity index (χ0v) is 15.5. The lowest BCUT2D eigenvalue weighted by atomic mass is 10.0. The first-order valence-corrected chi connectivity index (χ1v) is 9.90. The van der Waals surface area contributed by atoms with Gasteiger partial charge in [0.1, 0.15) is 12.4 Å². The average Bonchev–Trinajstić information content (AvgIpc) is 3.27.